The summed E-state index contributed by atoms with van der Waals surface area (Å²) < 4.78 is 10.6. The maximum atomic E-state index is 12.0. The summed E-state index contributed by atoms with van der Waals surface area (Å²) in [6, 6.07) is 18.8. The number of hydrogen-bond acceptors (Lipinski definition) is 4. The van der Waals surface area contributed by atoms with Gasteiger partial charge in [-0.2, -0.15) is 0 Å². The van der Waals surface area contributed by atoms with E-state index in [-0.39, 0.29) is 16.7 Å². The minimum atomic E-state index is -1.14. The molecular formula is C19H19INO4-. The summed E-state index contributed by atoms with van der Waals surface area (Å²) in [6.45, 7) is 3.62. The van der Waals surface area contributed by atoms with E-state index in [9.17, 15) is 9.59 Å². The number of amides is 1. The fraction of sp³-hybridized carbons (Fsp3) is 0.211. The van der Waals surface area contributed by atoms with Crippen LogP contribution >= 0.6 is 0 Å². The molecule has 2 aromatic rings. The molecule has 0 saturated heterocycles. The molecule has 2 rings (SSSR count). The molecule has 0 aromatic heterocycles. The number of aliphatic imine (C=N–C) groups is 1. The first-order valence-corrected chi connectivity index (χ1v) is 9.86. The molecule has 132 valence electrons. The van der Waals surface area contributed by atoms with Gasteiger partial charge in [0.2, 0.25) is 0 Å². The third-order valence-corrected chi connectivity index (χ3v) is 4.92. The van der Waals surface area contributed by atoms with Crippen molar-refractivity contribution in [1.82, 2.24) is 0 Å². The van der Waals surface area contributed by atoms with Crippen molar-refractivity contribution in [3.63, 3.8) is 0 Å². The Balaban J connectivity index is 1.79. The van der Waals surface area contributed by atoms with Crippen LogP contribution in [0, 0.1) is 0 Å². The van der Waals surface area contributed by atoms with E-state index >= 15 is 0 Å². The molecule has 0 aliphatic rings. The van der Waals surface area contributed by atoms with Gasteiger partial charge in [-0.3, -0.25) is 0 Å². The van der Waals surface area contributed by atoms with Gasteiger partial charge in [0.15, 0.2) is 0 Å². The average Bonchev–Trinajstić information content (AvgIpc) is 2.61. The van der Waals surface area contributed by atoms with Gasteiger partial charge in [-0.15, -0.1) is 0 Å². The Morgan fingerprint density at radius 1 is 1.04 bits per heavy atom. The van der Waals surface area contributed by atoms with Crippen LogP contribution in [0.15, 0.2) is 65.7 Å². The van der Waals surface area contributed by atoms with Crippen LogP contribution in [-0.2, 0) is 16.1 Å². The van der Waals surface area contributed by atoms with Crippen molar-refractivity contribution in [1.29, 1.82) is 0 Å². The SMILES string of the molecule is CC(=NC(=O)OCc1ccccc1)[I-]C(=O)OC(C)c1ccccc1. The Morgan fingerprint density at radius 2 is 1.64 bits per heavy atom. The van der Waals surface area contributed by atoms with Gasteiger partial charge in [-0.1, -0.05) is 0 Å². The molecule has 0 aliphatic heterocycles. The van der Waals surface area contributed by atoms with E-state index in [1.165, 1.54) is 0 Å². The third-order valence-electron chi connectivity index (χ3n) is 3.20. The van der Waals surface area contributed by atoms with Crippen LogP contribution in [0.3, 0.4) is 0 Å². The fourth-order valence-electron chi connectivity index (χ4n) is 1.96. The van der Waals surface area contributed by atoms with Gasteiger partial charge < -0.3 is 0 Å². The number of benzene rings is 2. The zero-order chi connectivity index (χ0) is 18.1. The van der Waals surface area contributed by atoms with Crippen molar-refractivity contribution in [3.8, 4) is 0 Å². The average molecular weight is 452 g/mol. The van der Waals surface area contributed by atoms with E-state index in [2.05, 4.69) is 4.99 Å². The van der Waals surface area contributed by atoms with Crippen LogP contribution in [0.5, 0.6) is 0 Å². The fourth-order valence-corrected chi connectivity index (χ4v) is 3.43. The molecule has 0 heterocycles. The molecule has 2 aromatic carbocycles. The van der Waals surface area contributed by atoms with Crippen molar-refractivity contribution in [2.75, 3.05) is 0 Å². The number of halogens is 1. The van der Waals surface area contributed by atoms with Crippen molar-refractivity contribution < 1.29 is 40.3 Å². The quantitative estimate of drug-likeness (QED) is 0.381. The molecule has 0 radical (unpaired) electrons. The van der Waals surface area contributed by atoms with Crippen LogP contribution in [0.1, 0.15) is 31.1 Å². The monoisotopic (exact) mass is 452 g/mol. The summed E-state index contributed by atoms with van der Waals surface area (Å²) in [6.07, 6.45) is -1.02. The second-order valence-electron chi connectivity index (χ2n) is 5.15. The van der Waals surface area contributed by atoms with Gasteiger partial charge in [0.25, 0.3) is 0 Å². The number of carbonyl (C=O) groups is 2. The van der Waals surface area contributed by atoms with Gasteiger partial charge in [0, 0.05) is 0 Å². The number of rotatable bonds is 6. The molecule has 0 spiro atoms. The van der Waals surface area contributed by atoms with Crippen LogP contribution in [0.2, 0.25) is 0 Å². The summed E-state index contributed by atoms with van der Waals surface area (Å²) in [5.41, 5.74) is 1.81. The van der Waals surface area contributed by atoms with Crippen LogP contribution in [0.4, 0.5) is 9.59 Å². The number of hydrogen-bond donors (Lipinski definition) is 0. The van der Waals surface area contributed by atoms with Gasteiger partial charge >= 0.3 is 157 Å². The predicted molar refractivity (Wildman–Crippen MR) is 91.1 cm³/mol. The molecular weight excluding hydrogens is 433 g/mol. The first-order chi connectivity index (χ1) is 12.0. The normalized spacial score (nSPS) is 12.5. The summed E-state index contributed by atoms with van der Waals surface area (Å²) in [5, 5.41) is 0. The Labute approximate surface area is 157 Å². The minimum absolute atomic E-state index is 0.157. The second-order valence-corrected chi connectivity index (χ2v) is 8.13. The molecule has 0 aliphatic carbocycles. The zero-order valence-corrected chi connectivity index (χ0v) is 16.2. The molecule has 0 N–H and O–H groups in total. The Kier molecular flexibility index (Phi) is 7.59. The molecule has 1 unspecified atom stereocenters. The first kappa shape index (κ1) is 19.1. The van der Waals surface area contributed by atoms with E-state index < -0.39 is 27.3 Å². The van der Waals surface area contributed by atoms with E-state index in [0.29, 0.717) is 3.72 Å². The predicted octanol–water partition coefficient (Wildman–Crippen LogP) is 1.73. The molecule has 0 fully saturated rings. The van der Waals surface area contributed by atoms with Crippen LogP contribution < -0.4 is 21.2 Å². The standard InChI is InChI=1S/C19H19INO4/c1-14(17-11-7-4-8-12-17)25-18(22)20-15(2)21-19(23)24-13-16-9-5-3-6-10-16/h3-12,14H,13H2,1-2H3/q-1. The van der Waals surface area contributed by atoms with Crippen molar-refractivity contribution in [2.45, 2.75) is 26.6 Å². The topological polar surface area (TPSA) is 65.0 Å². The van der Waals surface area contributed by atoms with E-state index in [4.69, 9.17) is 9.47 Å². The van der Waals surface area contributed by atoms with Gasteiger partial charge in [-0.25, -0.2) is 0 Å². The van der Waals surface area contributed by atoms with E-state index in [1.54, 1.807) is 6.92 Å². The zero-order valence-electron chi connectivity index (χ0n) is 14.0. The maximum absolute atomic E-state index is 12.0. The summed E-state index contributed by atoms with van der Waals surface area (Å²) >= 11 is -1.14. The number of nitrogens with zero attached hydrogens (tertiary/aromatic N) is 1. The first-order valence-electron chi connectivity index (χ1n) is 7.71. The van der Waals surface area contributed by atoms with E-state index in [1.807, 2.05) is 67.6 Å². The molecule has 1 atom stereocenters. The Bertz CT molecular complexity index is 732. The molecule has 0 bridgehead atoms. The van der Waals surface area contributed by atoms with Crippen molar-refractivity contribution in [2.24, 2.45) is 4.99 Å². The molecule has 6 heteroatoms. The molecule has 0 saturated carbocycles. The van der Waals surface area contributed by atoms with E-state index in [0.717, 1.165) is 11.1 Å². The summed E-state index contributed by atoms with van der Waals surface area (Å²) in [4.78, 5) is 27.5. The summed E-state index contributed by atoms with van der Waals surface area (Å²) in [7, 11) is 0. The number of ether oxygens (including phenoxy) is 2. The van der Waals surface area contributed by atoms with Crippen molar-refractivity contribution in [3.05, 3.63) is 71.8 Å². The second kappa shape index (κ2) is 9.93. The van der Waals surface area contributed by atoms with Crippen molar-refractivity contribution >= 4 is 13.8 Å². The van der Waals surface area contributed by atoms with Gasteiger partial charge in [-0.05, 0) is 0 Å². The van der Waals surface area contributed by atoms with Gasteiger partial charge in [0.1, 0.15) is 0 Å². The Morgan fingerprint density at radius 3 is 2.28 bits per heavy atom. The van der Waals surface area contributed by atoms with Crippen LogP contribution in [0.25, 0.3) is 0 Å². The molecule has 5 nitrogen and oxygen atoms in total. The number of carbonyl (C=O) groups excluding carboxylic acids is 2. The van der Waals surface area contributed by atoms with Crippen LogP contribution in [-0.4, -0.2) is 13.8 Å². The summed E-state index contributed by atoms with van der Waals surface area (Å²) in [5.74, 6) is 0. The third kappa shape index (κ3) is 7.04. The molecule has 25 heavy (non-hydrogen) atoms. The molecule has 1 amide bonds. The Hall–Kier alpha value is -2.22. The van der Waals surface area contributed by atoms with Gasteiger partial charge in [0.05, 0.1) is 0 Å².